The van der Waals surface area contributed by atoms with Crippen molar-refractivity contribution in [3.8, 4) is 17.0 Å². The SMILES string of the molecule is NC(=O)c1ccnc(-c2cc(OC3CCC3)ccc2[N+](=O)[O-])c1. The van der Waals surface area contributed by atoms with Gasteiger partial charge in [0.05, 0.1) is 22.3 Å². The summed E-state index contributed by atoms with van der Waals surface area (Å²) in [7, 11) is 0. The van der Waals surface area contributed by atoms with E-state index in [4.69, 9.17) is 10.5 Å². The van der Waals surface area contributed by atoms with Crippen molar-refractivity contribution in [2.75, 3.05) is 0 Å². The van der Waals surface area contributed by atoms with Gasteiger partial charge < -0.3 is 10.5 Å². The average molecular weight is 313 g/mol. The van der Waals surface area contributed by atoms with Crippen molar-refractivity contribution in [1.29, 1.82) is 0 Å². The maximum Gasteiger partial charge on any atom is 0.279 e. The van der Waals surface area contributed by atoms with Gasteiger partial charge in [0.1, 0.15) is 5.75 Å². The Labute approximate surface area is 132 Å². The van der Waals surface area contributed by atoms with E-state index in [1.807, 2.05) is 0 Å². The van der Waals surface area contributed by atoms with E-state index in [1.54, 1.807) is 12.1 Å². The molecule has 2 aromatic rings. The van der Waals surface area contributed by atoms with Gasteiger partial charge in [0, 0.05) is 17.8 Å². The van der Waals surface area contributed by atoms with Gasteiger partial charge in [-0.05, 0) is 43.5 Å². The van der Waals surface area contributed by atoms with Crippen LogP contribution in [0.3, 0.4) is 0 Å². The van der Waals surface area contributed by atoms with E-state index < -0.39 is 10.8 Å². The summed E-state index contributed by atoms with van der Waals surface area (Å²) < 4.78 is 5.78. The van der Waals surface area contributed by atoms with Crippen molar-refractivity contribution in [2.24, 2.45) is 5.73 Å². The smallest absolute Gasteiger partial charge is 0.279 e. The van der Waals surface area contributed by atoms with Crippen LogP contribution in [0.2, 0.25) is 0 Å². The van der Waals surface area contributed by atoms with Crippen molar-refractivity contribution < 1.29 is 14.5 Å². The van der Waals surface area contributed by atoms with Gasteiger partial charge >= 0.3 is 0 Å². The molecule has 1 heterocycles. The third-order valence-corrected chi connectivity index (χ3v) is 3.84. The van der Waals surface area contributed by atoms with Gasteiger partial charge in [-0.2, -0.15) is 0 Å². The van der Waals surface area contributed by atoms with Crippen LogP contribution in [-0.2, 0) is 0 Å². The molecule has 23 heavy (non-hydrogen) atoms. The van der Waals surface area contributed by atoms with Crippen LogP contribution in [0.4, 0.5) is 5.69 Å². The summed E-state index contributed by atoms with van der Waals surface area (Å²) in [6.45, 7) is 0. The van der Waals surface area contributed by atoms with Gasteiger partial charge in [-0.1, -0.05) is 0 Å². The minimum Gasteiger partial charge on any atom is -0.490 e. The molecule has 0 atom stereocenters. The van der Waals surface area contributed by atoms with Crippen LogP contribution in [0, 0.1) is 10.1 Å². The fourth-order valence-corrected chi connectivity index (χ4v) is 2.37. The number of ether oxygens (including phenoxy) is 1. The zero-order chi connectivity index (χ0) is 16.4. The second-order valence-electron chi connectivity index (χ2n) is 5.40. The maximum absolute atomic E-state index is 11.3. The van der Waals surface area contributed by atoms with E-state index in [1.165, 1.54) is 24.4 Å². The number of nitro benzene ring substituents is 1. The maximum atomic E-state index is 11.3. The summed E-state index contributed by atoms with van der Waals surface area (Å²) in [5.74, 6) is -0.0558. The Balaban J connectivity index is 2.03. The molecular formula is C16H15N3O4. The standard InChI is InChI=1S/C16H15N3O4/c17-16(20)10-6-7-18-14(8-10)13-9-12(23-11-2-1-3-11)4-5-15(13)19(21)22/h4-9,11H,1-3H2,(H2,17,20). The Kier molecular flexibility index (Phi) is 3.92. The van der Waals surface area contributed by atoms with Gasteiger partial charge in [0.15, 0.2) is 0 Å². The molecule has 7 nitrogen and oxygen atoms in total. The molecule has 2 N–H and O–H groups in total. The van der Waals surface area contributed by atoms with Crippen LogP contribution in [0.25, 0.3) is 11.3 Å². The lowest BCUT2D eigenvalue weighted by Gasteiger charge is -2.26. The van der Waals surface area contributed by atoms with Crippen LogP contribution in [0.1, 0.15) is 29.6 Å². The number of nitrogens with two attached hydrogens (primary N) is 1. The number of benzene rings is 1. The van der Waals surface area contributed by atoms with Crippen LogP contribution in [0.15, 0.2) is 36.5 Å². The first-order valence-corrected chi connectivity index (χ1v) is 7.26. The van der Waals surface area contributed by atoms with Crippen molar-refractivity contribution in [3.05, 3.63) is 52.2 Å². The summed E-state index contributed by atoms with van der Waals surface area (Å²) >= 11 is 0. The summed E-state index contributed by atoms with van der Waals surface area (Å²) in [6.07, 6.45) is 4.67. The van der Waals surface area contributed by atoms with Crippen LogP contribution in [0.5, 0.6) is 5.75 Å². The molecule has 0 aliphatic heterocycles. The number of rotatable bonds is 5. The molecular weight excluding hydrogens is 298 g/mol. The lowest BCUT2D eigenvalue weighted by Crippen LogP contribution is -2.24. The lowest BCUT2D eigenvalue weighted by atomic mass is 9.96. The van der Waals surface area contributed by atoms with Gasteiger partial charge in [-0.25, -0.2) is 0 Å². The second kappa shape index (κ2) is 6.04. The number of amides is 1. The predicted octanol–water partition coefficient (Wildman–Crippen LogP) is 2.69. The molecule has 118 valence electrons. The number of carbonyl (C=O) groups excluding carboxylic acids is 1. The molecule has 0 unspecified atom stereocenters. The van der Waals surface area contributed by atoms with Crippen molar-refractivity contribution in [1.82, 2.24) is 4.98 Å². The predicted molar refractivity (Wildman–Crippen MR) is 83.1 cm³/mol. The third-order valence-electron chi connectivity index (χ3n) is 3.84. The first-order chi connectivity index (χ1) is 11.0. The number of aromatic nitrogens is 1. The van der Waals surface area contributed by atoms with Crippen LogP contribution in [-0.4, -0.2) is 21.9 Å². The molecule has 1 fully saturated rings. The molecule has 7 heteroatoms. The number of primary amides is 1. The first-order valence-electron chi connectivity index (χ1n) is 7.26. The van der Waals surface area contributed by atoms with Gasteiger partial charge in [0.25, 0.3) is 5.69 Å². The highest BCUT2D eigenvalue weighted by atomic mass is 16.6. The number of hydrogen-bond acceptors (Lipinski definition) is 5. The van der Waals surface area contributed by atoms with E-state index in [0.717, 1.165) is 19.3 Å². The van der Waals surface area contributed by atoms with Gasteiger partial charge in [-0.3, -0.25) is 19.9 Å². The minimum absolute atomic E-state index is 0.0971. The highest BCUT2D eigenvalue weighted by Crippen LogP contribution is 2.34. The average Bonchev–Trinajstić information content (AvgIpc) is 2.50. The summed E-state index contributed by atoms with van der Waals surface area (Å²) in [5.41, 5.74) is 6.02. The van der Waals surface area contributed by atoms with Crippen LogP contribution < -0.4 is 10.5 Å². The fraction of sp³-hybridized carbons (Fsp3) is 0.250. The highest BCUT2D eigenvalue weighted by molar-refractivity contribution is 5.94. The molecule has 0 bridgehead atoms. The number of nitro groups is 1. The lowest BCUT2D eigenvalue weighted by molar-refractivity contribution is -0.384. The Morgan fingerprint density at radius 2 is 2.09 bits per heavy atom. The van der Waals surface area contributed by atoms with E-state index in [-0.39, 0.29) is 17.4 Å². The van der Waals surface area contributed by atoms with E-state index in [9.17, 15) is 14.9 Å². The summed E-state index contributed by atoms with van der Waals surface area (Å²) in [5, 5.41) is 11.3. The van der Waals surface area contributed by atoms with E-state index in [2.05, 4.69) is 4.98 Å². The first kappa shape index (κ1) is 15.0. The number of nitrogens with zero attached hydrogens (tertiary/aromatic N) is 2. The normalized spacial score (nSPS) is 14.1. The zero-order valence-electron chi connectivity index (χ0n) is 12.3. The molecule has 3 rings (SSSR count). The number of hydrogen-bond donors (Lipinski definition) is 1. The van der Waals surface area contributed by atoms with Crippen molar-refractivity contribution in [2.45, 2.75) is 25.4 Å². The van der Waals surface area contributed by atoms with Crippen molar-refractivity contribution >= 4 is 11.6 Å². The molecule has 1 aliphatic rings. The summed E-state index contributed by atoms with van der Waals surface area (Å²) in [6, 6.07) is 7.47. The molecule has 1 saturated carbocycles. The molecule has 1 aromatic carbocycles. The summed E-state index contributed by atoms with van der Waals surface area (Å²) in [4.78, 5) is 26.2. The molecule has 1 aromatic heterocycles. The van der Waals surface area contributed by atoms with Crippen LogP contribution >= 0.6 is 0 Å². The third kappa shape index (κ3) is 3.13. The molecule has 1 aliphatic carbocycles. The molecule has 0 saturated heterocycles. The number of pyridine rings is 1. The molecule has 0 spiro atoms. The van der Waals surface area contributed by atoms with E-state index in [0.29, 0.717) is 17.0 Å². The molecule has 1 amide bonds. The molecule has 0 radical (unpaired) electrons. The van der Waals surface area contributed by atoms with Gasteiger partial charge in [-0.15, -0.1) is 0 Å². The largest absolute Gasteiger partial charge is 0.490 e. The Hall–Kier alpha value is -2.96. The topological polar surface area (TPSA) is 108 Å². The van der Waals surface area contributed by atoms with Gasteiger partial charge in [0.2, 0.25) is 5.91 Å². The van der Waals surface area contributed by atoms with E-state index >= 15 is 0 Å². The quantitative estimate of drug-likeness (QED) is 0.674. The minimum atomic E-state index is -0.613. The Morgan fingerprint density at radius 1 is 1.30 bits per heavy atom. The zero-order valence-corrected chi connectivity index (χ0v) is 12.3. The Morgan fingerprint density at radius 3 is 2.70 bits per heavy atom. The number of carbonyl (C=O) groups is 1. The Bertz CT molecular complexity index is 772. The fourth-order valence-electron chi connectivity index (χ4n) is 2.37. The van der Waals surface area contributed by atoms with Crippen molar-refractivity contribution in [3.63, 3.8) is 0 Å². The second-order valence-corrected chi connectivity index (χ2v) is 5.40. The highest BCUT2D eigenvalue weighted by Gasteiger charge is 2.22. The monoisotopic (exact) mass is 313 g/mol.